The lowest BCUT2D eigenvalue weighted by Crippen LogP contribution is -2.14. The molecule has 1 aliphatic rings. The van der Waals surface area contributed by atoms with Crippen LogP contribution in [0.2, 0.25) is 0 Å². The number of nitrogen functional groups attached to an aromatic ring is 1. The van der Waals surface area contributed by atoms with Gasteiger partial charge in [0.25, 0.3) is 6.01 Å². The Morgan fingerprint density at radius 2 is 2.12 bits per heavy atom. The number of hydrogen-bond acceptors (Lipinski definition) is 4. The molecule has 0 radical (unpaired) electrons. The highest BCUT2D eigenvalue weighted by Gasteiger charge is 2.16. The fourth-order valence-corrected chi connectivity index (χ4v) is 2.25. The normalized spacial score (nSPS) is 17.0. The van der Waals surface area contributed by atoms with E-state index in [0.717, 1.165) is 11.1 Å². The Kier molecular flexibility index (Phi) is 2.20. The summed E-state index contributed by atoms with van der Waals surface area (Å²) in [5.74, 6) is 0. The lowest BCUT2D eigenvalue weighted by Gasteiger charge is -2.07. The summed E-state index contributed by atoms with van der Waals surface area (Å²) in [6.45, 7) is 0. The van der Waals surface area contributed by atoms with Crippen molar-refractivity contribution in [3.05, 3.63) is 18.2 Å². The van der Waals surface area contributed by atoms with Gasteiger partial charge in [0.05, 0.1) is 0 Å². The number of benzene rings is 1. The highest BCUT2D eigenvalue weighted by atomic mass is 16.4. The van der Waals surface area contributed by atoms with Gasteiger partial charge in [-0.25, -0.2) is 0 Å². The molecule has 0 unspecified atom stereocenters. The Bertz CT molecular complexity index is 500. The molecule has 0 bridgehead atoms. The van der Waals surface area contributed by atoms with Gasteiger partial charge in [-0.05, 0) is 25.0 Å². The lowest BCUT2D eigenvalue weighted by molar-refractivity contribution is 0.594. The van der Waals surface area contributed by atoms with E-state index in [2.05, 4.69) is 10.3 Å². The predicted molar refractivity (Wildman–Crippen MR) is 64.3 cm³/mol. The van der Waals surface area contributed by atoms with Crippen LogP contribution in [0, 0.1) is 0 Å². The van der Waals surface area contributed by atoms with Gasteiger partial charge in [0.2, 0.25) is 0 Å². The summed E-state index contributed by atoms with van der Waals surface area (Å²) in [6, 6.07) is 6.67. The van der Waals surface area contributed by atoms with Crippen LogP contribution in [0.5, 0.6) is 0 Å². The minimum absolute atomic E-state index is 0.519. The molecule has 1 heterocycles. The van der Waals surface area contributed by atoms with Crippen molar-refractivity contribution in [1.82, 2.24) is 4.98 Å². The van der Waals surface area contributed by atoms with Crippen LogP contribution >= 0.6 is 0 Å². The van der Waals surface area contributed by atoms with E-state index in [-0.39, 0.29) is 0 Å². The maximum atomic E-state index is 5.69. The third-order valence-electron chi connectivity index (χ3n) is 3.10. The van der Waals surface area contributed by atoms with E-state index < -0.39 is 0 Å². The van der Waals surface area contributed by atoms with Gasteiger partial charge in [0, 0.05) is 17.8 Å². The maximum Gasteiger partial charge on any atom is 0.295 e. The van der Waals surface area contributed by atoms with Crippen molar-refractivity contribution in [3.63, 3.8) is 0 Å². The van der Waals surface area contributed by atoms with Gasteiger partial charge < -0.3 is 15.5 Å². The van der Waals surface area contributed by atoms with E-state index in [1.165, 1.54) is 25.7 Å². The van der Waals surface area contributed by atoms with Crippen LogP contribution in [0.1, 0.15) is 25.7 Å². The van der Waals surface area contributed by atoms with E-state index in [9.17, 15) is 0 Å². The number of nitrogens with two attached hydrogens (primary N) is 1. The van der Waals surface area contributed by atoms with E-state index in [1.807, 2.05) is 18.2 Å². The molecule has 2 aromatic rings. The van der Waals surface area contributed by atoms with Gasteiger partial charge in [0.1, 0.15) is 5.52 Å². The summed E-state index contributed by atoms with van der Waals surface area (Å²) in [4.78, 5) is 4.38. The number of aromatic nitrogens is 1. The molecule has 0 aliphatic heterocycles. The Morgan fingerprint density at radius 1 is 1.31 bits per heavy atom. The van der Waals surface area contributed by atoms with Gasteiger partial charge in [-0.3, -0.25) is 0 Å². The molecule has 1 saturated carbocycles. The molecule has 0 spiro atoms. The van der Waals surface area contributed by atoms with E-state index in [4.69, 9.17) is 10.2 Å². The zero-order valence-corrected chi connectivity index (χ0v) is 9.07. The molecular formula is C12H15N3O. The zero-order valence-electron chi connectivity index (χ0n) is 9.07. The number of fused-ring (bicyclic) bond motifs is 1. The van der Waals surface area contributed by atoms with Crippen LogP contribution < -0.4 is 11.1 Å². The van der Waals surface area contributed by atoms with Crippen LogP contribution in [-0.2, 0) is 0 Å². The van der Waals surface area contributed by atoms with Crippen molar-refractivity contribution in [2.24, 2.45) is 0 Å². The minimum Gasteiger partial charge on any atom is -0.423 e. The number of nitrogens with one attached hydrogen (secondary N) is 1. The largest absolute Gasteiger partial charge is 0.423 e. The van der Waals surface area contributed by atoms with Crippen molar-refractivity contribution in [1.29, 1.82) is 0 Å². The number of hydrogen-bond donors (Lipinski definition) is 2. The summed E-state index contributed by atoms with van der Waals surface area (Å²) < 4.78 is 5.61. The molecule has 4 heteroatoms. The third-order valence-corrected chi connectivity index (χ3v) is 3.10. The van der Waals surface area contributed by atoms with Crippen LogP contribution in [-0.4, -0.2) is 11.0 Å². The molecule has 0 amide bonds. The molecule has 0 atom stereocenters. The minimum atomic E-state index is 0.519. The molecule has 4 nitrogen and oxygen atoms in total. The average molecular weight is 217 g/mol. The molecule has 1 aromatic heterocycles. The first-order valence-electron chi connectivity index (χ1n) is 5.74. The number of anilines is 2. The quantitative estimate of drug-likeness (QED) is 0.759. The SMILES string of the molecule is Nc1ccc2nc(NC3CCCC3)oc2c1. The Morgan fingerprint density at radius 3 is 2.94 bits per heavy atom. The van der Waals surface area contributed by atoms with Crippen LogP contribution in [0.15, 0.2) is 22.6 Å². The van der Waals surface area contributed by atoms with Crippen LogP contribution in [0.3, 0.4) is 0 Å². The summed E-state index contributed by atoms with van der Waals surface area (Å²) in [7, 11) is 0. The maximum absolute atomic E-state index is 5.69. The molecule has 1 aliphatic carbocycles. The van der Waals surface area contributed by atoms with E-state index >= 15 is 0 Å². The molecule has 1 fully saturated rings. The van der Waals surface area contributed by atoms with Gasteiger partial charge >= 0.3 is 0 Å². The first kappa shape index (κ1) is 9.51. The lowest BCUT2D eigenvalue weighted by atomic mass is 10.3. The number of rotatable bonds is 2. The first-order valence-corrected chi connectivity index (χ1v) is 5.74. The second-order valence-corrected chi connectivity index (χ2v) is 4.37. The van der Waals surface area contributed by atoms with Crippen molar-refractivity contribution in [3.8, 4) is 0 Å². The fourth-order valence-electron chi connectivity index (χ4n) is 2.25. The van der Waals surface area contributed by atoms with Crippen molar-refractivity contribution in [2.45, 2.75) is 31.7 Å². The molecule has 3 N–H and O–H groups in total. The second-order valence-electron chi connectivity index (χ2n) is 4.37. The predicted octanol–water partition coefficient (Wildman–Crippen LogP) is 2.76. The molecule has 84 valence electrons. The Balaban J connectivity index is 1.86. The smallest absolute Gasteiger partial charge is 0.295 e. The summed E-state index contributed by atoms with van der Waals surface area (Å²) >= 11 is 0. The molecule has 1 aromatic carbocycles. The van der Waals surface area contributed by atoms with Crippen molar-refractivity contribution in [2.75, 3.05) is 11.1 Å². The fraction of sp³-hybridized carbons (Fsp3) is 0.417. The van der Waals surface area contributed by atoms with Gasteiger partial charge in [-0.15, -0.1) is 0 Å². The summed E-state index contributed by atoms with van der Waals surface area (Å²) in [5.41, 5.74) is 8.00. The van der Waals surface area contributed by atoms with E-state index in [1.54, 1.807) is 0 Å². The average Bonchev–Trinajstić information content (AvgIpc) is 2.86. The molecule has 3 rings (SSSR count). The van der Waals surface area contributed by atoms with Crippen molar-refractivity contribution < 1.29 is 4.42 Å². The van der Waals surface area contributed by atoms with Crippen LogP contribution in [0.4, 0.5) is 11.7 Å². The zero-order chi connectivity index (χ0) is 11.0. The highest BCUT2D eigenvalue weighted by Crippen LogP contribution is 2.25. The topological polar surface area (TPSA) is 64.1 Å². The second kappa shape index (κ2) is 3.70. The Labute approximate surface area is 93.8 Å². The molecule has 16 heavy (non-hydrogen) atoms. The van der Waals surface area contributed by atoms with Crippen LogP contribution in [0.25, 0.3) is 11.1 Å². The standard InChI is InChI=1S/C12H15N3O/c13-8-5-6-10-11(7-8)16-12(15-10)14-9-3-1-2-4-9/h5-7,9H,1-4,13H2,(H,14,15). The number of nitrogens with zero attached hydrogens (tertiary/aromatic N) is 1. The monoisotopic (exact) mass is 217 g/mol. The van der Waals surface area contributed by atoms with Crippen molar-refractivity contribution >= 4 is 22.8 Å². The Hall–Kier alpha value is -1.71. The summed E-state index contributed by atoms with van der Waals surface area (Å²) in [5, 5.41) is 3.33. The third kappa shape index (κ3) is 1.71. The van der Waals surface area contributed by atoms with Gasteiger partial charge in [-0.1, -0.05) is 12.8 Å². The number of oxazole rings is 1. The molecule has 0 saturated heterocycles. The first-order chi connectivity index (χ1) is 7.81. The van der Waals surface area contributed by atoms with E-state index in [0.29, 0.717) is 17.7 Å². The van der Waals surface area contributed by atoms with Gasteiger partial charge in [0.15, 0.2) is 5.58 Å². The molecular weight excluding hydrogens is 202 g/mol. The van der Waals surface area contributed by atoms with Gasteiger partial charge in [-0.2, -0.15) is 4.98 Å². The summed E-state index contributed by atoms with van der Waals surface area (Å²) in [6.07, 6.45) is 5.01. The highest BCUT2D eigenvalue weighted by molar-refractivity contribution is 5.78.